The highest BCUT2D eigenvalue weighted by Gasteiger charge is 1.81. The lowest BCUT2D eigenvalue weighted by atomic mass is 10.2. The first-order valence-corrected chi connectivity index (χ1v) is 1.88. The van der Waals surface area contributed by atoms with E-state index < -0.39 is 0 Å². The van der Waals surface area contributed by atoms with E-state index in [9.17, 15) is 0 Å². The average Bonchev–Trinajstić information content (AvgIpc) is 1.38. The molecule has 0 aromatic heterocycles. The molecule has 0 amide bonds. The molecular weight excluding hydrogens is 170 g/mol. The van der Waals surface area contributed by atoms with Gasteiger partial charge in [0, 0.05) is 6.61 Å². The minimum Gasteiger partial charge on any atom is -0.396 e. The first-order chi connectivity index (χ1) is 2.27. The van der Waals surface area contributed by atoms with Crippen molar-refractivity contribution in [2.75, 3.05) is 6.61 Å². The van der Waals surface area contributed by atoms with Crippen LogP contribution in [0, 0.1) is 5.92 Å². The fraction of sp³-hybridized carbons (Fsp3) is 1.00. The first kappa shape index (κ1) is 23.2. The van der Waals surface area contributed by atoms with Gasteiger partial charge < -0.3 is 5.11 Å². The van der Waals surface area contributed by atoms with Gasteiger partial charge >= 0.3 is 0 Å². The number of halogens is 3. The average molecular weight is 184 g/mol. The second-order valence-corrected chi connectivity index (χ2v) is 1.58. The lowest BCUT2D eigenvalue weighted by Gasteiger charge is -1.90. The lowest BCUT2D eigenvalue weighted by molar-refractivity contribution is 0.248. The van der Waals surface area contributed by atoms with E-state index in [1.54, 1.807) is 0 Å². The van der Waals surface area contributed by atoms with E-state index in [1.165, 1.54) is 0 Å². The van der Waals surface area contributed by atoms with Crippen LogP contribution in [0.15, 0.2) is 0 Å². The van der Waals surface area contributed by atoms with Crippen LogP contribution in [0.1, 0.15) is 13.8 Å². The molecule has 0 spiro atoms. The van der Waals surface area contributed by atoms with Crippen molar-refractivity contribution in [2.45, 2.75) is 13.8 Å². The van der Waals surface area contributed by atoms with Crippen LogP contribution >= 0.6 is 37.2 Å². The molecule has 1 nitrogen and oxygen atoms in total. The maximum Gasteiger partial charge on any atom is 0.0453 e. The second-order valence-electron chi connectivity index (χ2n) is 1.58. The normalized spacial score (nSPS) is 6.00. The van der Waals surface area contributed by atoms with E-state index in [1.807, 2.05) is 13.8 Å². The molecule has 0 aliphatic carbocycles. The van der Waals surface area contributed by atoms with Crippen LogP contribution in [-0.4, -0.2) is 11.7 Å². The lowest BCUT2D eigenvalue weighted by Crippen LogP contribution is -1.90. The van der Waals surface area contributed by atoms with Crippen molar-refractivity contribution in [1.82, 2.24) is 0 Å². The molecule has 0 heterocycles. The molecule has 0 aliphatic heterocycles. The molecule has 0 unspecified atom stereocenters. The van der Waals surface area contributed by atoms with Gasteiger partial charge in [-0.25, -0.2) is 0 Å². The Morgan fingerprint density at radius 1 is 1.12 bits per heavy atom. The maximum absolute atomic E-state index is 8.14. The number of hydrogen-bond donors (Lipinski definition) is 1. The quantitative estimate of drug-likeness (QED) is 0.658. The van der Waals surface area contributed by atoms with Gasteiger partial charge in [-0.15, -0.1) is 37.2 Å². The monoisotopic (exact) mass is 182 g/mol. The van der Waals surface area contributed by atoms with Gasteiger partial charge in [-0.05, 0) is 5.92 Å². The van der Waals surface area contributed by atoms with Crippen molar-refractivity contribution in [3.8, 4) is 0 Å². The minimum atomic E-state index is 0. The summed E-state index contributed by atoms with van der Waals surface area (Å²) in [6, 6.07) is 0. The van der Waals surface area contributed by atoms with E-state index in [2.05, 4.69) is 0 Å². The molecule has 0 bridgehead atoms. The Morgan fingerprint density at radius 3 is 1.25 bits per heavy atom. The zero-order valence-electron chi connectivity index (χ0n) is 4.96. The summed E-state index contributed by atoms with van der Waals surface area (Å²) in [6.07, 6.45) is 0. The van der Waals surface area contributed by atoms with E-state index >= 15 is 0 Å². The molecule has 4 heteroatoms. The fourth-order valence-corrected chi connectivity index (χ4v) is 0. The smallest absolute Gasteiger partial charge is 0.0453 e. The number of aliphatic hydroxyl groups is 1. The Balaban J connectivity index is -0.0000000267. The molecule has 0 aromatic rings. The summed E-state index contributed by atoms with van der Waals surface area (Å²) in [7, 11) is 0. The van der Waals surface area contributed by atoms with Crippen LogP contribution in [0.2, 0.25) is 0 Å². The van der Waals surface area contributed by atoms with Gasteiger partial charge in [0.2, 0.25) is 0 Å². The topological polar surface area (TPSA) is 20.2 Å². The molecule has 8 heavy (non-hydrogen) atoms. The second kappa shape index (κ2) is 15.7. The highest BCUT2D eigenvalue weighted by molar-refractivity contribution is 5.86. The van der Waals surface area contributed by atoms with Crippen LogP contribution in [0.5, 0.6) is 0 Å². The SMILES string of the molecule is CC(C)CO.Cl.Cl.Cl. The molecule has 0 rings (SSSR count). The van der Waals surface area contributed by atoms with Gasteiger partial charge in [0.25, 0.3) is 0 Å². The predicted octanol–water partition coefficient (Wildman–Crippen LogP) is 1.90. The molecular formula is C4H13Cl3O. The Morgan fingerprint density at radius 2 is 1.25 bits per heavy atom. The Bertz CT molecular complexity index is 25.2. The van der Waals surface area contributed by atoms with Crippen LogP contribution in [0.4, 0.5) is 0 Å². The molecule has 0 saturated heterocycles. The zero-order chi connectivity index (χ0) is 4.28. The third-order valence-electron chi connectivity index (χ3n) is 0.365. The first-order valence-electron chi connectivity index (χ1n) is 1.88. The molecule has 0 atom stereocenters. The van der Waals surface area contributed by atoms with Gasteiger partial charge in [-0.1, -0.05) is 13.8 Å². The Labute approximate surface area is 69.1 Å². The summed E-state index contributed by atoms with van der Waals surface area (Å²) < 4.78 is 0. The largest absolute Gasteiger partial charge is 0.396 e. The van der Waals surface area contributed by atoms with E-state index in [0.717, 1.165) is 0 Å². The van der Waals surface area contributed by atoms with Crippen LogP contribution in [0.3, 0.4) is 0 Å². The summed E-state index contributed by atoms with van der Waals surface area (Å²) in [6.45, 7) is 4.25. The highest BCUT2D eigenvalue weighted by Crippen LogP contribution is 1.83. The van der Waals surface area contributed by atoms with Gasteiger partial charge in [0.15, 0.2) is 0 Å². The van der Waals surface area contributed by atoms with Crippen molar-refractivity contribution >= 4 is 37.2 Å². The molecule has 0 radical (unpaired) electrons. The highest BCUT2D eigenvalue weighted by atomic mass is 35.5. The van der Waals surface area contributed by atoms with Gasteiger partial charge in [0.1, 0.15) is 0 Å². The third kappa shape index (κ3) is 29.0. The van der Waals surface area contributed by atoms with E-state index in [4.69, 9.17) is 5.11 Å². The van der Waals surface area contributed by atoms with Crippen LogP contribution in [0.25, 0.3) is 0 Å². The van der Waals surface area contributed by atoms with Gasteiger partial charge in [0.05, 0.1) is 0 Å². The number of aliphatic hydroxyl groups excluding tert-OH is 1. The number of rotatable bonds is 1. The van der Waals surface area contributed by atoms with E-state index in [0.29, 0.717) is 12.5 Å². The van der Waals surface area contributed by atoms with Crippen molar-refractivity contribution in [3.63, 3.8) is 0 Å². The number of hydrogen-bond acceptors (Lipinski definition) is 1. The zero-order valence-corrected chi connectivity index (χ0v) is 7.41. The maximum atomic E-state index is 8.14. The standard InChI is InChI=1S/C4H10O.3ClH/c1-4(2)3-5;;;/h4-5H,3H2,1-2H3;3*1H. The Kier molecular flexibility index (Phi) is 45.4. The molecule has 0 aliphatic rings. The van der Waals surface area contributed by atoms with Gasteiger partial charge in [-0.2, -0.15) is 0 Å². The van der Waals surface area contributed by atoms with Crippen molar-refractivity contribution in [2.24, 2.45) is 5.92 Å². The van der Waals surface area contributed by atoms with E-state index in [-0.39, 0.29) is 37.2 Å². The summed E-state index contributed by atoms with van der Waals surface area (Å²) in [4.78, 5) is 0. The van der Waals surface area contributed by atoms with Crippen LogP contribution < -0.4 is 0 Å². The fourth-order valence-electron chi connectivity index (χ4n) is 0. The molecule has 1 N–H and O–H groups in total. The van der Waals surface area contributed by atoms with Crippen molar-refractivity contribution < 1.29 is 5.11 Å². The molecule has 0 saturated carbocycles. The van der Waals surface area contributed by atoms with Gasteiger partial charge in [-0.3, -0.25) is 0 Å². The summed E-state index contributed by atoms with van der Waals surface area (Å²) in [5.74, 6) is 0.440. The minimum absolute atomic E-state index is 0. The molecule has 0 aromatic carbocycles. The Hall–Kier alpha value is 0.830. The third-order valence-corrected chi connectivity index (χ3v) is 0.365. The predicted molar refractivity (Wildman–Crippen MR) is 43.7 cm³/mol. The molecule has 0 fully saturated rings. The summed E-state index contributed by atoms with van der Waals surface area (Å²) in [5, 5.41) is 8.14. The van der Waals surface area contributed by atoms with Crippen LogP contribution in [-0.2, 0) is 0 Å². The molecule has 56 valence electrons. The summed E-state index contributed by atoms with van der Waals surface area (Å²) in [5.41, 5.74) is 0. The van der Waals surface area contributed by atoms with Crippen molar-refractivity contribution in [3.05, 3.63) is 0 Å². The van der Waals surface area contributed by atoms with Crippen molar-refractivity contribution in [1.29, 1.82) is 0 Å². The summed E-state index contributed by atoms with van der Waals surface area (Å²) >= 11 is 0.